The Morgan fingerprint density at radius 3 is 2.77 bits per heavy atom. The number of amides is 1. The van der Waals surface area contributed by atoms with Crippen LogP contribution in [0, 0.1) is 12.8 Å². The van der Waals surface area contributed by atoms with Gasteiger partial charge in [0, 0.05) is 6.20 Å². The van der Waals surface area contributed by atoms with E-state index < -0.39 is 17.1 Å². The number of nitrogens with zero attached hydrogens (tertiary/aromatic N) is 4. The molecule has 0 spiro atoms. The molecule has 1 amide bonds. The Morgan fingerprint density at radius 1 is 1.35 bits per heavy atom. The molecule has 0 aliphatic heterocycles. The predicted octanol–water partition coefficient (Wildman–Crippen LogP) is 2.12. The van der Waals surface area contributed by atoms with Crippen LogP contribution in [0.25, 0.3) is 0 Å². The Hall–Kier alpha value is -2.13. The van der Waals surface area contributed by atoms with Gasteiger partial charge in [0.15, 0.2) is 5.82 Å². The molecular weight excluding hydrogens is 354 g/mol. The highest BCUT2D eigenvalue weighted by atomic mass is 32.2. The quantitative estimate of drug-likeness (QED) is 0.741. The predicted molar refractivity (Wildman–Crippen MR) is 95.9 cm³/mol. The molecular formula is C17H22N5O3S-. The van der Waals surface area contributed by atoms with Crippen molar-refractivity contribution in [3.63, 3.8) is 0 Å². The van der Waals surface area contributed by atoms with Crippen LogP contribution in [0.2, 0.25) is 0 Å². The second-order valence-corrected chi connectivity index (χ2v) is 7.59. The molecule has 1 fully saturated rings. The lowest BCUT2D eigenvalue weighted by Crippen LogP contribution is -2.27. The van der Waals surface area contributed by atoms with E-state index in [4.69, 9.17) is 0 Å². The van der Waals surface area contributed by atoms with Gasteiger partial charge in [-0.25, -0.2) is 9.97 Å². The fourth-order valence-electron chi connectivity index (χ4n) is 3.34. The summed E-state index contributed by atoms with van der Waals surface area (Å²) in [4.78, 5) is 25.3. The van der Waals surface area contributed by atoms with Gasteiger partial charge >= 0.3 is 0 Å². The number of carbonyl (C=O) groups is 1. The molecule has 0 bridgehead atoms. The lowest BCUT2D eigenvalue weighted by Gasteiger charge is -2.21. The summed E-state index contributed by atoms with van der Waals surface area (Å²) >= 11 is -2.21. The normalized spacial score (nSPS) is 17.2. The molecule has 1 unspecified atom stereocenters. The maximum Gasteiger partial charge on any atom is 0.248 e. The lowest BCUT2D eigenvalue weighted by molar-refractivity contribution is -0.119. The third kappa shape index (κ3) is 4.95. The second-order valence-electron chi connectivity index (χ2n) is 6.69. The number of rotatable bonds is 7. The molecule has 1 saturated carbocycles. The van der Waals surface area contributed by atoms with E-state index >= 15 is 0 Å². The molecule has 2 heterocycles. The van der Waals surface area contributed by atoms with Crippen LogP contribution in [0.1, 0.15) is 49.5 Å². The largest absolute Gasteiger partial charge is 0.772 e. The summed E-state index contributed by atoms with van der Waals surface area (Å²) in [6.07, 6.45) is 11.6. The van der Waals surface area contributed by atoms with E-state index in [1.807, 2.05) is 6.92 Å². The number of imidazole rings is 1. The van der Waals surface area contributed by atoms with Crippen molar-refractivity contribution < 1.29 is 13.6 Å². The topological polar surface area (TPSA) is 113 Å². The fraction of sp³-hybridized carbons (Fsp3) is 0.529. The van der Waals surface area contributed by atoms with Crippen molar-refractivity contribution in [3.05, 3.63) is 36.3 Å². The highest BCUT2D eigenvalue weighted by Crippen LogP contribution is 2.32. The molecule has 9 heteroatoms. The minimum absolute atomic E-state index is 0.159. The lowest BCUT2D eigenvalue weighted by atomic mass is 9.97. The van der Waals surface area contributed by atoms with Crippen molar-refractivity contribution in [1.82, 2.24) is 19.5 Å². The van der Waals surface area contributed by atoms with E-state index in [0.29, 0.717) is 23.9 Å². The smallest absolute Gasteiger partial charge is 0.248 e. The zero-order valence-electron chi connectivity index (χ0n) is 14.6. The maximum atomic E-state index is 12.9. The van der Waals surface area contributed by atoms with Crippen molar-refractivity contribution >= 4 is 22.8 Å². The molecule has 3 rings (SSSR count). The molecule has 1 aliphatic carbocycles. The van der Waals surface area contributed by atoms with E-state index in [9.17, 15) is 13.6 Å². The first-order valence-electron chi connectivity index (χ1n) is 8.69. The number of aryl methyl sites for hydroxylation is 1. The average Bonchev–Trinajstić information content (AvgIpc) is 3.26. The molecule has 0 radical (unpaired) electrons. The molecule has 26 heavy (non-hydrogen) atoms. The highest BCUT2D eigenvalue weighted by molar-refractivity contribution is 7.78. The van der Waals surface area contributed by atoms with Gasteiger partial charge in [0.2, 0.25) is 5.91 Å². The van der Waals surface area contributed by atoms with Crippen LogP contribution in [-0.2, 0) is 21.6 Å². The van der Waals surface area contributed by atoms with Crippen molar-refractivity contribution in [2.24, 2.45) is 5.92 Å². The van der Waals surface area contributed by atoms with Gasteiger partial charge in [-0.1, -0.05) is 25.7 Å². The Labute approximate surface area is 154 Å². The monoisotopic (exact) mass is 376 g/mol. The van der Waals surface area contributed by atoms with E-state index in [1.165, 1.54) is 25.4 Å². The molecule has 140 valence electrons. The van der Waals surface area contributed by atoms with Crippen LogP contribution in [0.4, 0.5) is 5.82 Å². The first-order valence-corrected chi connectivity index (χ1v) is 9.93. The van der Waals surface area contributed by atoms with Crippen molar-refractivity contribution in [3.8, 4) is 0 Å². The fourth-order valence-corrected chi connectivity index (χ4v) is 3.73. The third-order valence-corrected chi connectivity index (χ3v) is 5.18. The number of hydrogen-bond acceptors (Lipinski definition) is 6. The molecule has 0 saturated heterocycles. The van der Waals surface area contributed by atoms with Gasteiger partial charge in [0.05, 0.1) is 35.9 Å². The van der Waals surface area contributed by atoms with E-state index in [-0.39, 0.29) is 11.7 Å². The molecule has 1 N–H and O–H groups in total. The number of hydrogen-bond donors (Lipinski definition) is 1. The molecule has 1 aliphatic rings. The van der Waals surface area contributed by atoms with Crippen LogP contribution < -0.4 is 5.32 Å². The minimum atomic E-state index is -2.21. The maximum absolute atomic E-state index is 12.9. The van der Waals surface area contributed by atoms with Crippen LogP contribution >= 0.6 is 0 Å². The minimum Gasteiger partial charge on any atom is -0.772 e. The molecule has 0 aromatic carbocycles. The number of aromatic nitrogens is 4. The van der Waals surface area contributed by atoms with Crippen LogP contribution in [-0.4, -0.2) is 34.2 Å². The van der Waals surface area contributed by atoms with Crippen LogP contribution in [0.3, 0.4) is 0 Å². The third-order valence-electron chi connectivity index (χ3n) is 4.65. The Bertz CT molecular complexity index is 771. The van der Waals surface area contributed by atoms with Crippen molar-refractivity contribution in [2.75, 3.05) is 5.32 Å². The standard InChI is InChI=1S/C17H23N5O3S/c1-12-7-19-16(8-18-12)21-17(23)15(6-13-4-2-3-5-13)22-9-14(20-11-22)10-26(24)25/h7-9,11,13,15H,2-6,10H2,1H3,(H,24,25)(H,19,21,23)/p-1/t15-/m0/s1. The Morgan fingerprint density at radius 2 is 2.12 bits per heavy atom. The van der Waals surface area contributed by atoms with E-state index in [1.54, 1.807) is 17.0 Å². The summed E-state index contributed by atoms with van der Waals surface area (Å²) in [7, 11) is 0. The van der Waals surface area contributed by atoms with Gasteiger partial charge in [-0.2, -0.15) is 0 Å². The SMILES string of the molecule is Cc1cnc(NC(=O)[C@H](CC2CCCC2)n2cnc(CS(=O)[O-])c2)cn1. The van der Waals surface area contributed by atoms with Crippen molar-refractivity contribution in [1.29, 1.82) is 0 Å². The zero-order chi connectivity index (χ0) is 18.5. The van der Waals surface area contributed by atoms with Gasteiger partial charge in [0.25, 0.3) is 0 Å². The van der Waals surface area contributed by atoms with Gasteiger partial charge in [-0.3, -0.25) is 14.0 Å². The van der Waals surface area contributed by atoms with Crippen LogP contribution in [0.15, 0.2) is 24.9 Å². The molecule has 2 atom stereocenters. The summed E-state index contributed by atoms with van der Waals surface area (Å²) in [5.74, 6) is 0.531. The summed E-state index contributed by atoms with van der Waals surface area (Å²) < 4.78 is 23.5. The Balaban J connectivity index is 1.77. The average molecular weight is 376 g/mol. The summed E-state index contributed by atoms with van der Waals surface area (Å²) in [6, 6.07) is -0.456. The van der Waals surface area contributed by atoms with Gasteiger partial charge in [-0.05, 0) is 30.3 Å². The second kappa shape index (κ2) is 8.50. The number of carbonyl (C=O) groups excluding carboxylic acids is 1. The first kappa shape index (κ1) is 18.7. The van der Waals surface area contributed by atoms with E-state index in [0.717, 1.165) is 18.5 Å². The van der Waals surface area contributed by atoms with Crippen LogP contribution in [0.5, 0.6) is 0 Å². The summed E-state index contributed by atoms with van der Waals surface area (Å²) in [5, 5.41) is 2.81. The highest BCUT2D eigenvalue weighted by Gasteiger charge is 2.27. The molecule has 2 aromatic rings. The van der Waals surface area contributed by atoms with Crippen molar-refractivity contribution in [2.45, 2.75) is 50.8 Å². The summed E-state index contributed by atoms with van der Waals surface area (Å²) in [5.41, 5.74) is 1.20. The number of nitrogens with one attached hydrogen (secondary N) is 1. The summed E-state index contributed by atoms with van der Waals surface area (Å²) in [6.45, 7) is 1.83. The van der Waals surface area contributed by atoms with Gasteiger partial charge < -0.3 is 14.4 Å². The van der Waals surface area contributed by atoms with E-state index in [2.05, 4.69) is 20.3 Å². The number of anilines is 1. The first-order chi connectivity index (χ1) is 12.5. The van der Waals surface area contributed by atoms with Gasteiger partial charge in [0.1, 0.15) is 6.04 Å². The molecule has 2 aromatic heterocycles. The van der Waals surface area contributed by atoms with Gasteiger partial charge in [-0.15, -0.1) is 0 Å². The molecule has 8 nitrogen and oxygen atoms in total. The Kier molecular flexibility index (Phi) is 6.10. The zero-order valence-corrected chi connectivity index (χ0v) is 15.4.